The van der Waals surface area contributed by atoms with Gasteiger partial charge in [-0.05, 0) is 37.8 Å². The number of carbonyl (C=O) groups excluding carboxylic acids is 2. The summed E-state index contributed by atoms with van der Waals surface area (Å²) in [6.07, 6.45) is 64.8. The Morgan fingerprint density at radius 1 is 0.347 bits per heavy atom. The first-order chi connectivity index (χ1) is 23.5. The molecule has 0 aromatic heterocycles. The monoisotopic (exact) mass is 792 g/mol. The van der Waals surface area contributed by atoms with Gasteiger partial charge in [0.2, 0.25) is 0 Å². The topological polar surface area (TPSA) is 80.3 Å². The number of carboxylic acid groups (broad SMARTS) is 2. The van der Waals surface area contributed by atoms with Crippen LogP contribution in [0.2, 0.25) is 0 Å². The molecule has 0 N–H and O–H groups in total. The second-order valence-electron chi connectivity index (χ2n) is 11.1. The van der Waals surface area contributed by atoms with Gasteiger partial charge in [-0.3, -0.25) is 0 Å². The molecular weight excluding hydrogens is 730 g/mol. The SMILES string of the molecule is CCCCCCCCC/C=C/C=C/C=C/C=C/C=C/C=C/C(=O)[O-].CCCCCCCCC/C=C/C=C/C=C/C=C/C=C/C=C/C(=O)[O-].[Ba+2]. The minimum Gasteiger partial charge on any atom is -0.545 e. The molecular formula is C44H62BaO4. The molecule has 0 aliphatic heterocycles. The third-order valence-electron chi connectivity index (χ3n) is 6.69. The van der Waals surface area contributed by atoms with Gasteiger partial charge in [-0.25, -0.2) is 0 Å². The van der Waals surface area contributed by atoms with Crippen LogP contribution in [0.5, 0.6) is 0 Å². The number of hydrogen-bond donors (Lipinski definition) is 0. The van der Waals surface area contributed by atoms with Crippen LogP contribution in [0.3, 0.4) is 0 Å². The Hall–Kier alpha value is -2.61. The summed E-state index contributed by atoms with van der Waals surface area (Å²) in [5.74, 6) is -2.37. The fourth-order valence-electron chi connectivity index (χ4n) is 4.08. The molecule has 49 heavy (non-hydrogen) atoms. The minimum atomic E-state index is -1.19. The maximum atomic E-state index is 10.1. The average Bonchev–Trinajstić information content (AvgIpc) is 3.07. The molecule has 0 atom stereocenters. The van der Waals surface area contributed by atoms with Crippen LogP contribution in [0.25, 0.3) is 0 Å². The second-order valence-corrected chi connectivity index (χ2v) is 11.1. The van der Waals surface area contributed by atoms with Crippen molar-refractivity contribution in [1.82, 2.24) is 0 Å². The quantitative estimate of drug-likeness (QED) is 0.0342. The summed E-state index contributed by atoms with van der Waals surface area (Å²) in [7, 11) is 0. The van der Waals surface area contributed by atoms with E-state index in [0.717, 1.165) is 25.0 Å². The summed E-state index contributed by atoms with van der Waals surface area (Å²) in [5.41, 5.74) is 0. The Labute approximate surface area is 340 Å². The van der Waals surface area contributed by atoms with Crippen molar-refractivity contribution in [2.24, 2.45) is 0 Å². The molecule has 0 aromatic rings. The Kier molecular flexibility index (Phi) is 49.2. The van der Waals surface area contributed by atoms with Gasteiger partial charge in [0.05, 0.1) is 11.9 Å². The van der Waals surface area contributed by atoms with Crippen molar-refractivity contribution < 1.29 is 19.8 Å². The molecule has 0 aliphatic rings. The van der Waals surface area contributed by atoms with Gasteiger partial charge in [0, 0.05) is 0 Å². The molecule has 5 heteroatoms. The summed E-state index contributed by atoms with van der Waals surface area (Å²) in [4.78, 5) is 20.2. The number of hydrogen-bond acceptors (Lipinski definition) is 4. The molecule has 0 radical (unpaired) electrons. The molecule has 0 unspecified atom stereocenters. The molecule has 0 bridgehead atoms. The Balaban J connectivity index is -0.000000846. The van der Waals surface area contributed by atoms with Gasteiger partial charge >= 0.3 is 48.9 Å². The first-order valence-corrected chi connectivity index (χ1v) is 18.0. The van der Waals surface area contributed by atoms with Crippen LogP contribution in [0.15, 0.2) is 146 Å². The molecule has 0 aliphatic carbocycles. The van der Waals surface area contributed by atoms with Crippen molar-refractivity contribution in [3.8, 4) is 0 Å². The first-order valence-electron chi connectivity index (χ1n) is 18.0. The molecule has 0 spiro atoms. The van der Waals surface area contributed by atoms with Crippen LogP contribution in [0.4, 0.5) is 0 Å². The molecule has 0 aromatic carbocycles. The van der Waals surface area contributed by atoms with Crippen molar-refractivity contribution >= 4 is 60.8 Å². The van der Waals surface area contributed by atoms with Crippen LogP contribution >= 0.6 is 0 Å². The maximum absolute atomic E-state index is 10.1. The average molecular weight is 792 g/mol. The molecule has 0 heterocycles. The second kappa shape index (κ2) is 47.5. The van der Waals surface area contributed by atoms with Crippen molar-refractivity contribution in [1.29, 1.82) is 0 Å². The van der Waals surface area contributed by atoms with E-state index < -0.39 is 11.9 Å². The van der Waals surface area contributed by atoms with Crippen molar-refractivity contribution in [3.63, 3.8) is 0 Å². The molecule has 0 rings (SSSR count). The van der Waals surface area contributed by atoms with E-state index in [1.54, 1.807) is 24.3 Å². The summed E-state index contributed by atoms with van der Waals surface area (Å²) < 4.78 is 0. The largest absolute Gasteiger partial charge is 2.00 e. The fraction of sp³-hybridized carbons (Fsp3) is 0.409. The van der Waals surface area contributed by atoms with E-state index in [-0.39, 0.29) is 48.9 Å². The van der Waals surface area contributed by atoms with Gasteiger partial charge in [0.25, 0.3) is 0 Å². The van der Waals surface area contributed by atoms with Crippen LogP contribution in [0, 0.1) is 0 Å². The first kappa shape index (κ1) is 50.8. The predicted octanol–water partition coefficient (Wildman–Crippen LogP) is 10.0. The summed E-state index contributed by atoms with van der Waals surface area (Å²) in [6, 6.07) is 0. The van der Waals surface area contributed by atoms with E-state index >= 15 is 0 Å². The number of rotatable bonds is 28. The molecule has 0 fully saturated rings. The Bertz CT molecular complexity index is 1020. The van der Waals surface area contributed by atoms with Gasteiger partial charge in [0.1, 0.15) is 0 Å². The van der Waals surface area contributed by atoms with E-state index in [4.69, 9.17) is 0 Å². The van der Waals surface area contributed by atoms with Gasteiger partial charge in [-0.15, -0.1) is 0 Å². The van der Waals surface area contributed by atoms with Crippen LogP contribution < -0.4 is 10.2 Å². The Morgan fingerprint density at radius 2 is 0.571 bits per heavy atom. The zero-order chi connectivity index (χ0) is 35.4. The van der Waals surface area contributed by atoms with Crippen molar-refractivity contribution in [2.45, 2.75) is 117 Å². The van der Waals surface area contributed by atoms with Crippen molar-refractivity contribution in [2.75, 3.05) is 0 Å². The van der Waals surface area contributed by atoms with E-state index in [1.165, 1.54) is 102 Å². The van der Waals surface area contributed by atoms with E-state index in [1.807, 2.05) is 72.9 Å². The fourth-order valence-corrected chi connectivity index (χ4v) is 4.08. The molecule has 0 saturated carbocycles. The van der Waals surface area contributed by atoms with Gasteiger partial charge in [-0.2, -0.15) is 0 Å². The summed E-state index contributed by atoms with van der Waals surface area (Å²) >= 11 is 0. The van der Waals surface area contributed by atoms with Gasteiger partial charge in [-0.1, -0.05) is 225 Å². The van der Waals surface area contributed by atoms with Crippen molar-refractivity contribution in [3.05, 3.63) is 146 Å². The Morgan fingerprint density at radius 3 is 0.837 bits per heavy atom. The number of aliphatic carboxylic acids is 2. The van der Waals surface area contributed by atoms with E-state index in [2.05, 4.69) is 38.2 Å². The zero-order valence-electron chi connectivity index (χ0n) is 30.5. The van der Waals surface area contributed by atoms with Gasteiger partial charge in [0.15, 0.2) is 0 Å². The third kappa shape index (κ3) is 55.1. The smallest absolute Gasteiger partial charge is 0.545 e. The zero-order valence-corrected chi connectivity index (χ0v) is 35.0. The molecule has 4 nitrogen and oxygen atoms in total. The van der Waals surface area contributed by atoms with Crippen LogP contribution in [0.1, 0.15) is 117 Å². The number of allylic oxidation sites excluding steroid dienone is 22. The minimum absolute atomic E-state index is 0. The third-order valence-corrected chi connectivity index (χ3v) is 6.69. The van der Waals surface area contributed by atoms with Gasteiger partial charge < -0.3 is 19.8 Å². The predicted molar refractivity (Wildman–Crippen MR) is 211 cm³/mol. The van der Waals surface area contributed by atoms with E-state index in [0.29, 0.717) is 0 Å². The molecule has 0 saturated heterocycles. The number of unbranched alkanes of at least 4 members (excludes halogenated alkanes) is 14. The standard InChI is InChI=1S/2C22H32O2.Ba/c2*1-2-3-4-5-6-7-8-9-10-11-12-13-14-15-16-17-18-19-20-21-22(23)24;/h2*10-21H,2-9H2,1H3,(H,23,24);/q;;+2/p-2/b2*11-10+,13-12+,15-14+,17-16+,19-18+,21-20+;. The summed E-state index contributed by atoms with van der Waals surface area (Å²) in [6.45, 7) is 4.50. The number of carboxylic acids is 2. The van der Waals surface area contributed by atoms with Crippen LogP contribution in [-0.4, -0.2) is 60.8 Å². The maximum Gasteiger partial charge on any atom is 2.00 e. The van der Waals surface area contributed by atoms with E-state index in [9.17, 15) is 19.8 Å². The normalized spacial score (nSPS) is 12.8. The van der Waals surface area contributed by atoms with Crippen LogP contribution in [-0.2, 0) is 9.59 Å². The number of carbonyl (C=O) groups is 2. The molecule has 264 valence electrons. The molecule has 0 amide bonds. The summed E-state index contributed by atoms with van der Waals surface area (Å²) in [5, 5.41) is 20.2.